The van der Waals surface area contributed by atoms with Crippen molar-refractivity contribution in [2.75, 3.05) is 52.5 Å². The Morgan fingerprint density at radius 3 is 2.55 bits per heavy atom. The van der Waals surface area contributed by atoms with Crippen molar-refractivity contribution in [1.29, 1.82) is 0 Å². The Bertz CT molecular complexity index is 674. The number of rotatable bonds is 5. The summed E-state index contributed by atoms with van der Waals surface area (Å²) in [4.78, 5) is 10.2. The van der Waals surface area contributed by atoms with Crippen LogP contribution in [-0.2, 0) is 10.2 Å². The van der Waals surface area contributed by atoms with Crippen LogP contribution < -0.4 is 5.32 Å². The first kappa shape index (κ1) is 23.1. The third-order valence-electron chi connectivity index (χ3n) is 6.66. The molecule has 2 aliphatic heterocycles. The number of hydrogen-bond acceptors (Lipinski definition) is 3. The van der Waals surface area contributed by atoms with Crippen LogP contribution in [0.4, 0.5) is 0 Å². The second-order valence-electron chi connectivity index (χ2n) is 8.35. The minimum atomic E-state index is 0. The Hall–Kier alpha value is -0.570. The van der Waals surface area contributed by atoms with Crippen molar-refractivity contribution in [3.8, 4) is 0 Å². The van der Waals surface area contributed by atoms with Crippen LogP contribution in [0.3, 0.4) is 0 Å². The lowest BCUT2D eigenvalue weighted by Crippen LogP contribution is -2.47. The highest BCUT2D eigenvalue weighted by molar-refractivity contribution is 14.0. The molecule has 29 heavy (non-hydrogen) atoms. The zero-order valence-electron chi connectivity index (χ0n) is 17.4. The molecule has 1 aromatic carbocycles. The number of hydrogen-bond donors (Lipinski definition) is 1. The van der Waals surface area contributed by atoms with Crippen molar-refractivity contribution in [2.45, 2.75) is 44.1 Å². The van der Waals surface area contributed by atoms with Crippen molar-refractivity contribution in [2.24, 2.45) is 4.99 Å². The van der Waals surface area contributed by atoms with Gasteiger partial charge < -0.3 is 15.0 Å². The van der Waals surface area contributed by atoms with Crippen LogP contribution in [0.15, 0.2) is 29.3 Å². The predicted octanol–water partition coefficient (Wildman–Crippen LogP) is 3.75. The molecular formula is C22H34ClIN4O. The summed E-state index contributed by atoms with van der Waals surface area (Å²) in [6.07, 6.45) is 4.94. The third kappa shape index (κ3) is 5.38. The fraction of sp³-hybridized carbons (Fsp3) is 0.682. The lowest BCUT2D eigenvalue weighted by Gasteiger charge is -2.41. The minimum absolute atomic E-state index is 0. The largest absolute Gasteiger partial charge is 0.379 e. The van der Waals surface area contributed by atoms with Crippen molar-refractivity contribution in [1.82, 2.24) is 15.1 Å². The number of ether oxygens (including phenoxy) is 1. The summed E-state index contributed by atoms with van der Waals surface area (Å²) in [6, 6.07) is 9.03. The van der Waals surface area contributed by atoms with E-state index in [0.29, 0.717) is 6.04 Å². The van der Waals surface area contributed by atoms with Gasteiger partial charge in [0, 0.05) is 49.2 Å². The molecule has 2 heterocycles. The number of aliphatic imine (C=N–C) groups is 1. The van der Waals surface area contributed by atoms with Crippen LogP contribution in [0, 0.1) is 0 Å². The van der Waals surface area contributed by atoms with Gasteiger partial charge in [-0.25, -0.2) is 0 Å². The first-order valence-electron chi connectivity index (χ1n) is 10.8. The molecule has 0 radical (unpaired) electrons. The van der Waals surface area contributed by atoms with Crippen LogP contribution in [0.1, 0.15) is 38.2 Å². The molecule has 1 saturated carbocycles. The van der Waals surface area contributed by atoms with Crippen molar-refractivity contribution >= 4 is 41.5 Å². The van der Waals surface area contributed by atoms with E-state index in [4.69, 9.17) is 21.3 Å². The van der Waals surface area contributed by atoms with Crippen LogP contribution in [0.5, 0.6) is 0 Å². The van der Waals surface area contributed by atoms with Gasteiger partial charge in [0.25, 0.3) is 0 Å². The molecule has 5 nitrogen and oxygen atoms in total. The second kappa shape index (κ2) is 10.6. The van der Waals surface area contributed by atoms with Crippen LogP contribution >= 0.6 is 35.6 Å². The Labute approximate surface area is 197 Å². The maximum Gasteiger partial charge on any atom is 0.193 e. The molecule has 3 fully saturated rings. The van der Waals surface area contributed by atoms with Gasteiger partial charge in [0.05, 0.1) is 19.8 Å². The summed E-state index contributed by atoms with van der Waals surface area (Å²) in [7, 11) is 0. The summed E-state index contributed by atoms with van der Waals surface area (Å²) in [5, 5.41) is 4.35. The molecule has 1 unspecified atom stereocenters. The lowest BCUT2D eigenvalue weighted by molar-refractivity contribution is 0.0195. The SMILES string of the molecule is CCNC(=NCC1(c2ccc(Cl)cc2)CCC1)N1CCC(N2CCOCC2)C1.I. The number of nitrogens with one attached hydrogen (secondary N) is 1. The molecule has 0 amide bonds. The molecule has 162 valence electrons. The normalized spacial score (nSPS) is 24.7. The quantitative estimate of drug-likeness (QED) is 0.356. The van der Waals surface area contributed by atoms with Gasteiger partial charge in [0.1, 0.15) is 0 Å². The maximum atomic E-state index is 6.10. The number of halogens is 2. The number of benzene rings is 1. The topological polar surface area (TPSA) is 40.1 Å². The molecule has 1 aromatic rings. The van der Waals surface area contributed by atoms with Crippen LogP contribution in [0.25, 0.3) is 0 Å². The van der Waals surface area contributed by atoms with E-state index in [1.807, 2.05) is 12.1 Å². The number of nitrogens with zero attached hydrogens (tertiary/aromatic N) is 3. The summed E-state index contributed by atoms with van der Waals surface area (Å²) in [5.74, 6) is 1.08. The summed E-state index contributed by atoms with van der Waals surface area (Å²) >= 11 is 6.10. The van der Waals surface area contributed by atoms with E-state index in [2.05, 4.69) is 34.2 Å². The van der Waals surface area contributed by atoms with Gasteiger partial charge in [-0.05, 0) is 43.9 Å². The highest BCUT2D eigenvalue weighted by Crippen LogP contribution is 2.44. The second-order valence-corrected chi connectivity index (χ2v) is 8.78. The van der Waals surface area contributed by atoms with Gasteiger partial charge >= 0.3 is 0 Å². The van der Waals surface area contributed by atoms with E-state index < -0.39 is 0 Å². The molecule has 4 rings (SSSR count). The van der Waals surface area contributed by atoms with Crippen LogP contribution in [-0.4, -0.2) is 74.3 Å². The van der Waals surface area contributed by atoms with Crippen LogP contribution in [0.2, 0.25) is 5.02 Å². The van der Waals surface area contributed by atoms with Gasteiger partial charge in [-0.3, -0.25) is 9.89 Å². The zero-order valence-corrected chi connectivity index (χ0v) is 20.5. The van der Waals surface area contributed by atoms with Crippen molar-refractivity contribution in [3.05, 3.63) is 34.9 Å². The van der Waals surface area contributed by atoms with E-state index in [0.717, 1.165) is 63.5 Å². The summed E-state index contributed by atoms with van der Waals surface area (Å²) < 4.78 is 5.52. The minimum Gasteiger partial charge on any atom is -0.379 e. The first-order valence-corrected chi connectivity index (χ1v) is 11.2. The average Bonchev–Trinajstić information content (AvgIpc) is 3.18. The molecule has 7 heteroatoms. The maximum absolute atomic E-state index is 6.10. The van der Waals surface area contributed by atoms with Crippen molar-refractivity contribution in [3.63, 3.8) is 0 Å². The monoisotopic (exact) mass is 532 g/mol. The van der Waals surface area contributed by atoms with E-state index >= 15 is 0 Å². The smallest absolute Gasteiger partial charge is 0.193 e. The highest BCUT2D eigenvalue weighted by atomic mass is 127. The van der Waals surface area contributed by atoms with Gasteiger partial charge in [0.15, 0.2) is 5.96 Å². The van der Waals surface area contributed by atoms with E-state index in [-0.39, 0.29) is 29.4 Å². The number of morpholine rings is 1. The third-order valence-corrected chi connectivity index (χ3v) is 6.91. The molecular weight excluding hydrogens is 499 g/mol. The average molecular weight is 533 g/mol. The Balaban J connectivity index is 0.00000240. The molecule has 1 atom stereocenters. The fourth-order valence-electron chi connectivity index (χ4n) is 4.77. The van der Waals surface area contributed by atoms with Gasteiger partial charge in [-0.2, -0.15) is 0 Å². The fourth-order valence-corrected chi connectivity index (χ4v) is 4.90. The Kier molecular flexibility index (Phi) is 8.48. The standard InChI is InChI=1S/C22H33ClN4O.HI/c1-2-24-21(27-11-8-20(16-27)26-12-14-28-15-13-26)25-17-22(9-3-10-22)18-4-6-19(23)7-5-18;/h4-7,20H,2-3,8-17H2,1H3,(H,24,25);1H. The lowest BCUT2D eigenvalue weighted by atomic mass is 9.64. The van der Waals surface area contributed by atoms with Crippen molar-refractivity contribution < 1.29 is 4.74 Å². The zero-order chi connectivity index (χ0) is 19.4. The first-order chi connectivity index (χ1) is 13.7. The van der Waals surface area contributed by atoms with Gasteiger partial charge in [-0.15, -0.1) is 24.0 Å². The Morgan fingerprint density at radius 2 is 1.93 bits per heavy atom. The molecule has 0 spiro atoms. The predicted molar refractivity (Wildman–Crippen MR) is 131 cm³/mol. The summed E-state index contributed by atoms with van der Waals surface area (Å²) in [6.45, 7) is 9.94. The molecule has 1 aliphatic carbocycles. The molecule has 3 aliphatic rings. The van der Waals surface area contributed by atoms with Gasteiger partial charge in [-0.1, -0.05) is 30.2 Å². The van der Waals surface area contributed by atoms with E-state index in [1.54, 1.807) is 0 Å². The molecule has 2 saturated heterocycles. The summed E-state index contributed by atoms with van der Waals surface area (Å²) in [5.41, 5.74) is 1.57. The number of likely N-dealkylation sites (tertiary alicyclic amines) is 1. The van der Waals surface area contributed by atoms with E-state index in [1.165, 1.54) is 31.2 Å². The number of guanidine groups is 1. The Morgan fingerprint density at radius 1 is 1.21 bits per heavy atom. The molecule has 0 aromatic heterocycles. The highest BCUT2D eigenvalue weighted by Gasteiger charge is 2.39. The van der Waals surface area contributed by atoms with E-state index in [9.17, 15) is 0 Å². The molecule has 1 N–H and O–H groups in total. The molecule has 0 bridgehead atoms. The van der Waals surface area contributed by atoms with Gasteiger partial charge in [0.2, 0.25) is 0 Å².